The van der Waals surface area contributed by atoms with Crippen LogP contribution in [-0.2, 0) is 11.4 Å². The van der Waals surface area contributed by atoms with E-state index in [1.54, 1.807) is 12.1 Å². The van der Waals surface area contributed by atoms with Gasteiger partial charge in [-0.2, -0.15) is 0 Å². The fourth-order valence-electron chi connectivity index (χ4n) is 5.28. The van der Waals surface area contributed by atoms with E-state index in [1.165, 1.54) is 0 Å². The molecule has 5 heteroatoms. The number of phenolic OH excluding ortho intramolecular Hbond substituents is 1. The Hall–Kier alpha value is -3.86. The molecule has 0 aliphatic heterocycles. The van der Waals surface area contributed by atoms with Gasteiger partial charge in [-0.15, -0.1) is 0 Å². The molecule has 1 saturated carbocycles. The second-order valence-electron chi connectivity index (χ2n) is 9.66. The van der Waals surface area contributed by atoms with Crippen molar-refractivity contribution in [2.45, 2.75) is 51.2 Å². The molecule has 0 radical (unpaired) electrons. The summed E-state index contributed by atoms with van der Waals surface area (Å²) in [6.45, 7) is 2.30. The summed E-state index contributed by atoms with van der Waals surface area (Å²) in [6.07, 6.45) is 4.41. The lowest BCUT2D eigenvalue weighted by Gasteiger charge is -2.26. The Morgan fingerprint density at radius 2 is 1.69 bits per heavy atom. The monoisotopic (exact) mass is 480 g/mol. The average molecular weight is 481 g/mol. The molecule has 1 fully saturated rings. The fraction of sp³-hybridized carbons (Fsp3) is 0.290. The van der Waals surface area contributed by atoms with Gasteiger partial charge in [0.2, 0.25) is 5.91 Å². The number of ether oxygens (including phenoxy) is 1. The summed E-state index contributed by atoms with van der Waals surface area (Å²) in [7, 11) is 0. The number of rotatable bonds is 8. The van der Waals surface area contributed by atoms with Crippen molar-refractivity contribution in [2.75, 3.05) is 0 Å². The molecular formula is C31H32N2O3. The molecule has 1 heterocycles. The average Bonchev–Trinajstić information content (AvgIpc) is 3.43. The van der Waals surface area contributed by atoms with Gasteiger partial charge in [-0.05, 0) is 61.6 Å². The predicted molar refractivity (Wildman–Crippen MR) is 142 cm³/mol. The van der Waals surface area contributed by atoms with Crippen molar-refractivity contribution >= 4 is 16.8 Å². The van der Waals surface area contributed by atoms with Crippen LogP contribution in [0.2, 0.25) is 0 Å². The van der Waals surface area contributed by atoms with Gasteiger partial charge in [-0.1, -0.05) is 67.4 Å². The number of hydrogen-bond donors (Lipinski definition) is 2. The number of carbonyl (C=O) groups is 1. The van der Waals surface area contributed by atoms with Crippen LogP contribution in [0.15, 0.2) is 84.9 Å². The highest BCUT2D eigenvalue weighted by molar-refractivity contribution is 5.84. The molecule has 1 aliphatic rings. The number of nitrogens with one attached hydrogen (secondary N) is 1. The molecule has 0 saturated heterocycles. The number of pyridine rings is 1. The minimum Gasteiger partial charge on any atom is -0.508 e. The lowest BCUT2D eigenvalue weighted by molar-refractivity contribution is -0.124. The Morgan fingerprint density at radius 3 is 2.47 bits per heavy atom. The molecule has 2 atom stereocenters. The fourth-order valence-corrected chi connectivity index (χ4v) is 5.28. The number of amides is 1. The number of nitrogens with zero attached hydrogens (tertiary/aromatic N) is 1. The SMILES string of the molecule is CC(NC(=O)C(c1ccc(OCc2ccc3ccccc3n2)cc1)C1CCCC1)c1ccccc1O. The van der Waals surface area contributed by atoms with Crippen LogP contribution in [0.1, 0.15) is 61.4 Å². The first-order chi connectivity index (χ1) is 17.6. The largest absolute Gasteiger partial charge is 0.508 e. The number of hydrogen-bond acceptors (Lipinski definition) is 4. The van der Waals surface area contributed by atoms with E-state index in [0.717, 1.165) is 59.2 Å². The van der Waals surface area contributed by atoms with Crippen LogP contribution in [0.5, 0.6) is 11.5 Å². The molecular weight excluding hydrogens is 448 g/mol. The molecule has 5 rings (SSSR count). The number of fused-ring (bicyclic) bond motifs is 1. The van der Waals surface area contributed by atoms with Gasteiger partial charge in [-0.25, -0.2) is 4.98 Å². The Labute approximate surface area is 212 Å². The molecule has 1 aromatic heterocycles. The molecule has 4 aromatic rings. The van der Waals surface area contributed by atoms with Crippen LogP contribution < -0.4 is 10.1 Å². The van der Waals surface area contributed by atoms with E-state index < -0.39 is 0 Å². The van der Waals surface area contributed by atoms with E-state index in [0.29, 0.717) is 12.5 Å². The first-order valence-corrected chi connectivity index (χ1v) is 12.7. The van der Waals surface area contributed by atoms with Gasteiger partial charge in [0.05, 0.1) is 23.2 Å². The van der Waals surface area contributed by atoms with E-state index in [4.69, 9.17) is 4.74 Å². The Kier molecular flexibility index (Phi) is 7.17. The Bertz CT molecular complexity index is 1330. The summed E-state index contributed by atoms with van der Waals surface area (Å²) < 4.78 is 6.01. The number of benzene rings is 3. The number of aromatic hydroxyl groups is 1. The molecule has 1 aliphatic carbocycles. The van der Waals surface area contributed by atoms with Crippen LogP contribution in [0, 0.1) is 5.92 Å². The molecule has 1 amide bonds. The van der Waals surface area contributed by atoms with Gasteiger partial charge in [0.1, 0.15) is 18.1 Å². The van der Waals surface area contributed by atoms with E-state index in [1.807, 2.05) is 73.7 Å². The highest BCUT2D eigenvalue weighted by Gasteiger charge is 2.33. The maximum atomic E-state index is 13.5. The first kappa shape index (κ1) is 23.9. The zero-order chi connectivity index (χ0) is 24.9. The molecule has 184 valence electrons. The molecule has 2 unspecified atom stereocenters. The second kappa shape index (κ2) is 10.8. The lowest BCUT2D eigenvalue weighted by Crippen LogP contribution is -2.34. The smallest absolute Gasteiger partial charge is 0.228 e. The third-order valence-corrected chi connectivity index (χ3v) is 7.20. The molecule has 3 aromatic carbocycles. The van der Waals surface area contributed by atoms with Gasteiger partial charge in [-0.3, -0.25) is 4.79 Å². The lowest BCUT2D eigenvalue weighted by atomic mass is 9.83. The summed E-state index contributed by atoms with van der Waals surface area (Å²) in [5, 5.41) is 14.5. The van der Waals surface area contributed by atoms with Crippen LogP contribution in [-0.4, -0.2) is 16.0 Å². The topological polar surface area (TPSA) is 71.5 Å². The standard InChI is InChI=1S/C31H32N2O3/c1-21(27-11-5-7-13-29(27)34)32-31(35)30(23-9-2-3-10-23)24-15-18-26(19-16-24)36-20-25-17-14-22-8-4-6-12-28(22)33-25/h4-8,11-19,21,23,30,34H,2-3,9-10,20H2,1H3,(H,32,35). The van der Waals surface area contributed by atoms with Gasteiger partial charge in [0.25, 0.3) is 0 Å². The number of para-hydroxylation sites is 2. The third-order valence-electron chi connectivity index (χ3n) is 7.20. The van der Waals surface area contributed by atoms with Gasteiger partial charge < -0.3 is 15.2 Å². The second-order valence-corrected chi connectivity index (χ2v) is 9.66. The van der Waals surface area contributed by atoms with Crippen molar-refractivity contribution in [3.63, 3.8) is 0 Å². The van der Waals surface area contributed by atoms with E-state index >= 15 is 0 Å². The summed E-state index contributed by atoms with van der Waals surface area (Å²) >= 11 is 0. The van der Waals surface area contributed by atoms with Crippen LogP contribution in [0.4, 0.5) is 0 Å². The minimum absolute atomic E-state index is 0.00619. The maximum Gasteiger partial charge on any atom is 0.228 e. The molecule has 5 nitrogen and oxygen atoms in total. The summed E-state index contributed by atoms with van der Waals surface area (Å²) in [4.78, 5) is 18.2. The van der Waals surface area contributed by atoms with Crippen LogP contribution in [0.3, 0.4) is 0 Å². The highest BCUT2D eigenvalue weighted by Crippen LogP contribution is 2.38. The van der Waals surface area contributed by atoms with Crippen molar-refractivity contribution in [2.24, 2.45) is 5.92 Å². The van der Waals surface area contributed by atoms with Crippen molar-refractivity contribution in [3.8, 4) is 11.5 Å². The molecule has 0 bridgehead atoms. The van der Waals surface area contributed by atoms with Gasteiger partial charge in [0.15, 0.2) is 0 Å². The van der Waals surface area contributed by atoms with Gasteiger partial charge >= 0.3 is 0 Å². The minimum atomic E-state index is -0.278. The molecule has 0 spiro atoms. The van der Waals surface area contributed by atoms with E-state index in [9.17, 15) is 9.90 Å². The predicted octanol–water partition coefficient (Wildman–Crippen LogP) is 6.67. The van der Waals surface area contributed by atoms with Crippen molar-refractivity contribution in [3.05, 3.63) is 102 Å². The number of carbonyl (C=O) groups excluding carboxylic acids is 1. The molecule has 2 N–H and O–H groups in total. The number of phenols is 1. The summed E-state index contributed by atoms with van der Waals surface area (Å²) in [5.74, 6) is 1.05. The zero-order valence-corrected chi connectivity index (χ0v) is 20.6. The van der Waals surface area contributed by atoms with Crippen LogP contribution in [0.25, 0.3) is 10.9 Å². The van der Waals surface area contributed by atoms with E-state index in [2.05, 4.69) is 16.4 Å². The van der Waals surface area contributed by atoms with E-state index in [-0.39, 0.29) is 23.6 Å². The van der Waals surface area contributed by atoms with Crippen molar-refractivity contribution in [1.82, 2.24) is 10.3 Å². The quantitative estimate of drug-likeness (QED) is 0.295. The zero-order valence-electron chi connectivity index (χ0n) is 20.6. The normalized spacial score (nSPS) is 15.5. The Balaban J connectivity index is 1.28. The van der Waals surface area contributed by atoms with Crippen LogP contribution >= 0.6 is 0 Å². The summed E-state index contributed by atoms with van der Waals surface area (Å²) in [6, 6.07) is 26.9. The van der Waals surface area contributed by atoms with Crippen molar-refractivity contribution < 1.29 is 14.6 Å². The first-order valence-electron chi connectivity index (χ1n) is 12.7. The molecule has 36 heavy (non-hydrogen) atoms. The van der Waals surface area contributed by atoms with Gasteiger partial charge in [0, 0.05) is 10.9 Å². The number of aromatic nitrogens is 1. The highest BCUT2D eigenvalue weighted by atomic mass is 16.5. The maximum absolute atomic E-state index is 13.5. The van der Waals surface area contributed by atoms with Crippen molar-refractivity contribution in [1.29, 1.82) is 0 Å². The summed E-state index contributed by atoms with van der Waals surface area (Å²) in [5.41, 5.74) is 3.55. The third kappa shape index (κ3) is 5.35. The Morgan fingerprint density at radius 1 is 0.972 bits per heavy atom.